The number of nitrogens with one attached hydrogen (secondary N) is 2. The quantitative estimate of drug-likeness (QED) is 0.860. The van der Waals surface area contributed by atoms with Gasteiger partial charge in [0.25, 0.3) is 0 Å². The number of carbonyl (C=O) groups excluding carboxylic acids is 1. The lowest BCUT2D eigenvalue weighted by Crippen LogP contribution is -2.55. The van der Waals surface area contributed by atoms with Crippen molar-refractivity contribution < 1.29 is 9.32 Å². The van der Waals surface area contributed by atoms with Crippen molar-refractivity contribution in [3.63, 3.8) is 0 Å². The highest BCUT2D eigenvalue weighted by atomic mass is 16.5. The molecule has 2 N–H and O–H groups in total. The van der Waals surface area contributed by atoms with Gasteiger partial charge in [0.1, 0.15) is 0 Å². The van der Waals surface area contributed by atoms with Gasteiger partial charge in [0.15, 0.2) is 5.82 Å². The number of fused-ring (bicyclic) bond motifs is 1. The largest absolute Gasteiger partial charge is 0.354 e. The standard InChI is InChI=1S/C14H22N4O2/c19-14(15-8-7-13-16-9-20-18-13)12-6-5-10-3-1-2-4-11(10)17-12/h9-12,17H,1-8H2,(H,15,19). The summed E-state index contributed by atoms with van der Waals surface area (Å²) in [5.41, 5.74) is 0. The maximum Gasteiger partial charge on any atom is 0.237 e. The van der Waals surface area contributed by atoms with Gasteiger partial charge in [-0.25, -0.2) is 0 Å². The molecular formula is C14H22N4O2. The highest BCUT2D eigenvalue weighted by Crippen LogP contribution is 2.32. The average Bonchev–Trinajstić information content (AvgIpc) is 3.00. The molecule has 3 atom stereocenters. The number of nitrogens with zero attached hydrogens (tertiary/aromatic N) is 2. The fraction of sp³-hybridized carbons (Fsp3) is 0.786. The molecule has 0 bridgehead atoms. The van der Waals surface area contributed by atoms with E-state index in [4.69, 9.17) is 0 Å². The molecule has 0 spiro atoms. The van der Waals surface area contributed by atoms with Crippen LogP contribution in [-0.2, 0) is 11.2 Å². The third kappa shape index (κ3) is 3.17. The minimum absolute atomic E-state index is 0.0281. The van der Waals surface area contributed by atoms with Crippen LogP contribution in [0.1, 0.15) is 44.3 Å². The molecule has 0 aromatic carbocycles. The summed E-state index contributed by atoms with van der Waals surface area (Å²) in [6.45, 7) is 0.560. The molecule has 1 aromatic heterocycles. The van der Waals surface area contributed by atoms with Gasteiger partial charge in [-0.3, -0.25) is 4.79 Å². The second-order valence-corrected chi connectivity index (χ2v) is 5.84. The number of carbonyl (C=O) groups is 1. The molecule has 1 amide bonds. The lowest BCUT2D eigenvalue weighted by atomic mass is 9.77. The van der Waals surface area contributed by atoms with E-state index in [0.29, 0.717) is 24.8 Å². The van der Waals surface area contributed by atoms with Crippen molar-refractivity contribution in [2.75, 3.05) is 6.54 Å². The van der Waals surface area contributed by atoms with Crippen molar-refractivity contribution in [1.29, 1.82) is 0 Å². The van der Waals surface area contributed by atoms with E-state index in [1.807, 2.05) is 0 Å². The predicted molar refractivity (Wildman–Crippen MR) is 72.9 cm³/mol. The topological polar surface area (TPSA) is 80.1 Å². The van der Waals surface area contributed by atoms with Crippen LogP contribution in [0.3, 0.4) is 0 Å². The summed E-state index contributed by atoms with van der Waals surface area (Å²) >= 11 is 0. The molecule has 1 saturated heterocycles. The van der Waals surface area contributed by atoms with E-state index in [9.17, 15) is 4.79 Å². The van der Waals surface area contributed by atoms with Crippen LogP contribution in [0.25, 0.3) is 0 Å². The monoisotopic (exact) mass is 278 g/mol. The number of amides is 1. The van der Waals surface area contributed by atoms with E-state index < -0.39 is 0 Å². The molecule has 1 aliphatic carbocycles. The maximum atomic E-state index is 12.2. The first kappa shape index (κ1) is 13.5. The SMILES string of the molecule is O=C(NCCc1ncon1)C1CCC2CCCCC2N1. The van der Waals surface area contributed by atoms with Crippen molar-refractivity contribution in [2.24, 2.45) is 5.92 Å². The summed E-state index contributed by atoms with van der Waals surface area (Å²) in [7, 11) is 0. The zero-order valence-corrected chi connectivity index (χ0v) is 11.7. The molecule has 1 aliphatic heterocycles. The van der Waals surface area contributed by atoms with E-state index in [1.54, 1.807) is 0 Å². The third-order valence-corrected chi connectivity index (χ3v) is 4.52. The number of hydrogen-bond donors (Lipinski definition) is 2. The number of piperidine rings is 1. The molecule has 0 radical (unpaired) electrons. The molecule has 3 unspecified atom stereocenters. The Bertz CT molecular complexity index is 434. The molecule has 2 heterocycles. The van der Waals surface area contributed by atoms with Gasteiger partial charge in [-0.1, -0.05) is 18.0 Å². The molecule has 2 fully saturated rings. The lowest BCUT2D eigenvalue weighted by molar-refractivity contribution is -0.124. The first-order valence-corrected chi connectivity index (χ1v) is 7.62. The molecular weight excluding hydrogens is 256 g/mol. The fourth-order valence-corrected chi connectivity index (χ4v) is 3.43. The summed E-state index contributed by atoms with van der Waals surface area (Å²) in [5.74, 6) is 1.53. The van der Waals surface area contributed by atoms with Crippen molar-refractivity contribution in [1.82, 2.24) is 20.8 Å². The lowest BCUT2D eigenvalue weighted by Gasteiger charge is -2.39. The molecule has 1 saturated carbocycles. The van der Waals surface area contributed by atoms with Crippen LogP contribution in [0.4, 0.5) is 0 Å². The molecule has 3 rings (SSSR count). The van der Waals surface area contributed by atoms with E-state index in [0.717, 1.165) is 12.3 Å². The fourth-order valence-electron chi connectivity index (χ4n) is 3.43. The Morgan fingerprint density at radius 1 is 1.35 bits per heavy atom. The summed E-state index contributed by atoms with van der Waals surface area (Å²) in [5, 5.41) is 10.2. The molecule has 6 nitrogen and oxygen atoms in total. The zero-order valence-electron chi connectivity index (χ0n) is 11.7. The second-order valence-electron chi connectivity index (χ2n) is 5.84. The average molecular weight is 278 g/mol. The second kappa shape index (κ2) is 6.35. The minimum atomic E-state index is -0.0281. The first-order chi connectivity index (χ1) is 9.83. The van der Waals surface area contributed by atoms with E-state index in [-0.39, 0.29) is 11.9 Å². The van der Waals surface area contributed by atoms with Gasteiger partial charge in [0.2, 0.25) is 12.3 Å². The van der Waals surface area contributed by atoms with Crippen molar-refractivity contribution in [3.8, 4) is 0 Å². The van der Waals surface area contributed by atoms with Crippen LogP contribution in [-0.4, -0.2) is 34.7 Å². The van der Waals surface area contributed by atoms with Crippen LogP contribution >= 0.6 is 0 Å². The number of hydrogen-bond acceptors (Lipinski definition) is 5. The van der Waals surface area contributed by atoms with Gasteiger partial charge < -0.3 is 15.2 Å². The number of rotatable bonds is 4. The van der Waals surface area contributed by atoms with E-state index >= 15 is 0 Å². The summed E-state index contributed by atoms with van der Waals surface area (Å²) in [6.07, 6.45) is 9.24. The van der Waals surface area contributed by atoms with Crippen molar-refractivity contribution >= 4 is 5.91 Å². The van der Waals surface area contributed by atoms with Crippen LogP contribution in [0, 0.1) is 5.92 Å². The maximum absolute atomic E-state index is 12.2. The summed E-state index contributed by atoms with van der Waals surface area (Å²) in [4.78, 5) is 16.1. The molecule has 1 aromatic rings. The Labute approximate surface area is 118 Å². The summed E-state index contributed by atoms with van der Waals surface area (Å²) in [6, 6.07) is 0.519. The minimum Gasteiger partial charge on any atom is -0.354 e. The van der Waals surface area contributed by atoms with E-state index in [1.165, 1.54) is 38.5 Å². The Morgan fingerprint density at radius 2 is 2.25 bits per heavy atom. The molecule has 2 aliphatic rings. The van der Waals surface area contributed by atoms with Crippen molar-refractivity contribution in [2.45, 2.75) is 57.0 Å². The number of aromatic nitrogens is 2. The molecule has 110 valence electrons. The zero-order chi connectivity index (χ0) is 13.8. The van der Waals surface area contributed by atoms with Gasteiger partial charge in [-0.15, -0.1) is 0 Å². The van der Waals surface area contributed by atoms with E-state index in [2.05, 4.69) is 25.3 Å². The third-order valence-electron chi connectivity index (χ3n) is 4.52. The van der Waals surface area contributed by atoms with Gasteiger partial charge in [0, 0.05) is 19.0 Å². The van der Waals surface area contributed by atoms with Crippen LogP contribution in [0.15, 0.2) is 10.9 Å². The Balaban J connectivity index is 1.43. The summed E-state index contributed by atoms with van der Waals surface area (Å²) < 4.78 is 4.66. The smallest absolute Gasteiger partial charge is 0.237 e. The van der Waals surface area contributed by atoms with Crippen molar-refractivity contribution in [3.05, 3.63) is 12.2 Å². The predicted octanol–water partition coefficient (Wildman–Crippen LogP) is 1.04. The van der Waals surface area contributed by atoms with Crippen LogP contribution < -0.4 is 10.6 Å². The molecule has 20 heavy (non-hydrogen) atoms. The highest BCUT2D eigenvalue weighted by Gasteiger charge is 2.34. The molecule has 6 heteroatoms. The first-order valence-electron chi connectivity index (χ1n) is 7.62. The Hall–Kier alpha value is -1.43. The van der Waals surface area contributed by atoms with Gasteiger partial charge in [0.05, 0.1) is 6.04 Å². The Kier molecular flexibility index (Phi) is 4.30. The van der Waals surface area contributed by atoms with Gasteiger partial charge in [-0.05, 0) is 31.6 Å². The highest BCUT2D eigenvalue weighted by molar-refractivity contribution is 5.81. The van der Waals surface area contributed by atoms with Gasteiger partial charge in [-0.2, -0.15) is 4.98 Å². The normalized spacial score (nSPS) is 29.7. The van der Waals surface area contributed by atoms with Gasteiger partial charge >= 0.3 is 0 Å². The Morgan fingerprint density at radius 3 is 3.10 bits per heavy atom. The van der Waals surface area contributed by atoms with Crippen LogP contribution in [0.5, 0.6) is 0 Å². The van der Waals surface area contributed by atoms with Crippen LogP contribution in [0.2, 0.25) is 0 Å².